The van der Waals surface area contributed by atoms with Gasteiger partial charge in [0, 0.05) is 14.6 Å². The Bertz CT molecular complexity index is 617. The lowest BCUT2D eigenvalue weighted by atomic mass is 10.1. The van der Waals surface area contributed by atoms with Gasteiger partial charge >= 0.3 is 0 Å². The van der Waals surface area contributed by atoms with Gasteiger partial charge in [0.25, 0.3) is 0 Å². The van der Waals surface area contributed by atoms with Crippen LogP contribution in [0.3, 0.4) is 0 Å². The Morgan fingerprint density at radius 2 is 2.17 bits per heavy atom. The summed E-state index contributed by atoms with van der Waals surface area (Å²) in [6, 6.07) is 8.65. The third-order valence-electron chi connectivity index (χ3n) is 3.17. The van der Waals surface area contributed by atoms with Crippen LogP contribution < -0.4 is 0 Å². The molecule has 0 unspecified atom stereocenters. The predicted octanol–water partition coefficient (Wildman–Crippen LogP) is 4.47. The molecule has 0 saturated carbocycles. The van der Waals surface area contributed by atoms with Gasteiger partial charge < -0.3 is 4.74 Å². The highest BCUT2D eigenvalue weighted by Crippen LogP contribution is 2.37. The number of halogens is 1. The SMILES string of the molecule is CC(C)[C@H]1COC(c2sc3ccccc3c2Br)=N1. The standard InChI is InChI=1S/C14H14BrNOS/c1-8(2)10-7-17-14(16-10)13-12(15)9-5-3-4-6-11(9)18-13/h3-6,8,10H,7H2,1-2H3/t10-/m1/s1. The maximum absolute atomic E-state index is 5.75. The zero-order valence-corrected chi connectivity index (χ0v) is 12.7. The minimum absolute atomic E-state index is 0.289. The number of aliphatic imine (C=N–C) groups is 1. The minimum atomic E-state index is 0.289. The normalized spacial score (nSPS) is 19.3. The zero-order valence-electron chi connectivity index (χ0n) is 10.3. The molecule has 1 aliphatic rings. The lowest BCUT2D eigenvalue weighted by Gasteiger charge is -2.06. The summed E-state index contributed by atoms with van der Waals surface area (Å²) >= 11 is 5.40. The second kappa shape index (κ2) is 4.67. The van der Waals surface area contributed by atoms with Gasteiger partial charge in [-0.25, -0.2) is 4.99 Å². The average molecular weight is 324 g/mol. The van der Waals surface area contributed by atoms with Gasteiger partial charge in [0.2, 0.25) is 5.90 Å². The highest BCUT2D eigenvalue weighted by atomic mass is 79.9. The van der Waals surface area contributed by atoms with Crippen LogP contribution in [0.15, 0.2) is 33.7 Å². The summed E-state index contributed by atoms with van der Waals surface area (Å²) in [6.45, 7) is 5.06. The van der Waals surface area contributed by atoms with Crippen LogP contribution in [0.2, 0.25) is 0 Å². The summed E-state index contributed by atoms with van der Waals surface area (Å²) in [5.74, 6) is 1.32. The predicted molar refractivity (Wildman–Crippen MR) is 80.6 cm³/mol. The van der Waals surface area contributed by atoms with Gasteiger partial charge in [-0.1, -0.05) is 32.0 Å². The van der Waals surface area contributed by atoms with Crippen LogP contribution in [0.25, 0.3) is 10.1 Å². The Morgan fingerprint density at radius 1 is 1.39 bits per heavy atom. The van der Waals surface area contributed by atoms with Crippen molar-refractivity contribution in [3.05, 3.63) is 33.6 Å². The van der Waals surface area contributed by atoms with Gasteiger partial charge in [0.1, 0.15) is 11.5 Å². The molecule has 1 atom stereocenters. The third kappa shape index (κ3) is 1.97. The smallest absolute Gasteiger partial charge is 0.228 e. The van der Waals surface area contributed by atoms with Crippen molar-refractivity contribution in [2.24, 2.45) is 10.9 Å². The van der Waals surface area contributed by atoms with Crippen LogP contribution in [0.4, 0.5) is 0 Å². The second-order valence-corrected chi connectivity index (χ2v) is 6.64. The number of rotatable bonds is 2. The summed E-state index contributed by atoms with van der Waals surface area (Å²) < 4.78 is 8.12. The second-order valence-electron chi connectivity index (χ2n) is 4.80. The maximum Gasteiger partial charge on any atom is 0.228 e. The van der Waals surface area contributed by atoms with Gasteiger partial charge in [-0.3, -0.25) is 0 Å². The molecule has 2 aromatic rings. The highest BCUT2D eigenvalue weighted by Gasteiger charge is 2.25. The molecule has 1 aliphatic heterocycles. The highest BCUT2D eigenvalue weighted by molar-refractivity contribution is 9.10. The topological polar surface area (TPSA) is 21.6 Å². The van der Waals surface area contributed by atoms with E-state index in [9.17, 15) is 0 Å². The molecule has 0 aliphatic carbocycles. The molecule has 0 saturated heterocycles. The quantitative estimate of drug-likeness (QED) is 0.799. The molecule has 0 fully saturated rings. The molecule has 94 valence electrons. The van der Waals surface area contributed by atoms with E-state index in [2.05, 4.69) is 59.0 Å². The number of hydrogen-bond donors (Lipinski definition) is 0. The summed E-state index contributed by atoms with van der Waals surface area (Å²) in [5.41, 5.74) is 0. The number of nitrogens with zero attached hydrogens (tertiary/aromatic N) is 1. The van der Waals surface area contributed by atoms with Gasteiger partial charge in [0.05, 0.1) is 6.04 Å². The summed E-state index contributed by atoms with van der Waals surface area (Å²) in [6.07, 6.45) is 0. The van der Waals surface area contributed by atoms with Crippen molar-refractivity contribution in [1.29, 1.82) is 0 Å². The van der Waals surface area contributed by atoms with E-state index in [1.165, 1.54) is 10.1 Å². The largest absolute Gasteiger partial charge is 0.475 e. The molecule has 0 N–H and O–H groups in total. The van der Waals surface area contributed by atoms with E-state index in [-0.39, 0.29) is 6.04 Å². The van der Waals surface area contributed by atoms with Crippen molar-refractivity contribution in [3.8, 4) is 0 Å². The first-order chi connectivity index (χ1) is 8.66. The molecule has 2 nitrogen and oxygen atoms in total. The summed E-state index contributed by atoms with van der Waals surface area (Å²) in [4.78, 5) is 5.80. The molecular weight excluding hydrogens is 310 g/mol. The average Bonchev–Trinajstić information content (AvgIpc) is 2.95. The van der Waals surface area contributed by atoms with E-state index in [4.69, 9.17) is 4.74 Å². The van der Waals surface area contributed by atoms with Crippen LogP contribution in [-0.2, 0) is 4.74 Å². The maximum atomic E-state index is 5.75. The lowest BCUT2D eigenvalue weighted by Crippen LogP contribution is -2.13. The molecule has 2 heterocycles. The third-order valence-corrected chi connectivity index (χ3v) is 5.42. The van der Waals surface area contributed by atoms with Crippen molar-refractivity contribution in [1.82, 2.24) is 0 Å². The fourth-order valence-electron chi connectivity index (χ4n) is 2.01. The first-order valence-corrected chi connectivity index (χ1v) is 7.65. The van der Waals surface area contributed by atoms with E-state index < -0.39 is 0 Å². The van der Waals surface area contributed by atoms with Gasteiger partial charge in [-0.2, -0.15) is 0 Å². The fraction of sp³-hybridized carbons (Fsp3) is 0.357. The number of fused-ring (bicyclic) bond motifs is 1. The Balaban J connectivity index is 2.05. The van der Waals surface area contributed by atoms with Crippen LogP contribution >= 0.6 is 27.3 Å². The van der Waals surface area contributed by atoms with E-state index >= 15 is 0 Å². The Hall–Kier alpha value is -0.870. The van der Waals surface area contributed by atoms with Crippen LogP contribution in [0.5, 0.6) is 0 Å². The number of hydrogen-bond acceptors (Lipinski definition) is 3. The Kier molecular flexibility index (Phi) is 3.16. The fourth-order valence-corrected chi connectivity index (χ4v) is 3.94. The van der Waals surface area contributed by atoms with Gasteiger partial charge in [-0.15, -0.1) is 11.3 Å². The molecule has 3 rings (SSSR count). The van der Waals surface area contributed by atoms with E-state index in [1.807, 2.05) is 0 Å². The molecule has 1 aromatic heterocycles. The number of thiophene rings is 1. The summed E-state index contributed by atoms with van der Waals surface area (Å²) in [5, 5.41) is 1.23. The Labute approximate surface area is 119 Å². The van der Waals surface area contributed by atoms with Crippen LogP contribution in [-0.4, -0.2) is 18.5 Å². The monoisotopic (exact) mass is 323 g/mol. The van der Waals surface area contributed by atoms with E-state index in [0.29, 0.717) is 12.5 Å². The summed E-state index contributed by atoms with van der Waals surface area (Å²) in [7, 11) is 0. The number of ether oxygens (including phenoxy) is 1. The molecule has 18 heavy (non-hydrogen) atoms. The van der Waals surface area contributed by atoms with E-state index in [0.717, 1.165) is 15.2 Å². The van der Waals surface area contributed by atoms with Gasteiger partial charge in [0.15, 0.2) is 0 Å². The molecule has 0 amide bonds. The zero-order chi connectivity index (χ0) is 12.7. The molecule has 4 heteroatoms. The van der Waals surface area contributed by atoms with Crippen molar-refractivity contribution in [3.63, 3.8) is 0 Å². The van der Waals surface area contributed by atoms with Crippen LogP contribution in [0, 0.1) is 5.92 Å². The van der Waals surface area contributed by atoms with Crippen molar-refractivity contribution < 1.29 is 4.74 Å². The Morgan fingerprint density at radius 3 is 2.83 bits per heavy atom. The van der Waals surface area contributed by atoms with Crippen molar-refractivity contribution in [2.45, 2.75) is 19.9 Å². The van der Waals surface area contributed by atoms with Crippen LogP contribution in [0.1, 0.15) is 18.7 Å². The molecular formula is C14H14BrNOS. The molecule has 0 radical (unpaired) electrons. The van der Waals surface area contributed by atoms with Gasteiger partial charge in [-0.05, 0) is 27.9 Å². The number of benzene rings is 1. The van der Waals surface area contributed by atoms with E-state index in [1.54, 1.807) is 11.3 Å². The lowest BCUT2D eigenvalue weighted by molar-refractivity contribution is 0.292. The van der Waals surface area contributed by atoms with Crippen molar-refractivity contribution >= 4 is 43.3 Å². The minimum Gasteiger partial charge on any atom is -0.475 e. The molecule has 1 aromatic carbocycles. The molecule has 0 spiro atoms. The van der Waals surface area contributed by atoms with Crippen molar-refractivity contribution in [2.75, 3.05) is 6.61 Å². The molecule has 0 bridgehead atoms. The first kappa shape index (κ1) is 12.2. The first-order valence-electron chi connectivity index (χ1n) is 6.05.